The van der Waals surface area contributed by atoms with Gasteiger partial charge in [-0.3, -0.25) is 0 Å². The fourth-order valence-corrected chi connectivity index (χ4v) is 2.27. The van der Waals surface area contributed by atoms with Crippen molar-refractivity contribution in [2.45, 2.75) is 32.6 Å². The molecule has 3 aromatic rings. The highest BCUT2D eigenvalue weighted by Crippen LogP contribution is 2.21. The maximum absolute atomic E-state index is 5.96. The lowest BCUT2D eigenvalue weighted by Gasteiger charge is -1.98. The summed E-state index contributed by atoms with van der Waals surface area (Å²) in [6.07, 6.45) is 1.51. The van der Waals surface area contributed by atoms with Crippen LogP contribution in [-0.4, -0.2) is 26.8 Å². The van der Waals surface area contributed by atoms with E-state index in [1.807, 2.05) is 26.0 Å². The van der Waals surface area contributed by atoms with Crippen molar-refractivity contribution in [3.63, 3.8) is 0 Å². The molecular weight excluding hydrogens is 330 g/mol. The number of hydrogen-bond donors (Lipinski definition) is 1. The highest BCUT2D eigenvalue weighted by Gasteiger charge is 2.10. The van der Waals surface area contributed by atoms with E-state index in [-0.39, 0.29) is 5.92 Å². The van der Waals surface area contributed by atoms with Crippen LogP contribution < -0.4 is 5.32 Å². The van der Waals surface area contributed by atoms with Gasteiger partial charge < -0.3 is 14.4 Å². The first-order valence-corrected chi connectivity index (χ1v) is 8.15. The third-order valence-electron chi connectivity index (χ3n) is 3.35. The van der Waals surface area contributed by atoms with E-state index >= 15 is 0 Å². The molecule has 8 heteroatoms. The molecule has 7 nitrogen and oxygen atoms in total. The molecule has 3 rings (SSSR count). The summed E-state index contributed by atoms with van der Waals surface area (Å²) in [6, 6.07) is 7.68. The molecule has 1 aromatic carbocycles. The van der Waals surface area contributed by atoms with E-state index in [1.165, 1.54) is 0 Å². The van der Waals surface area contributed by atoms with Gasteiger partial charge in [0.1, 0.15) is 0 Å². The first-order chi connectivity index (χ1) is 11.6. The smallest absolute Gasteiger partial charge is 0.321 e. The van der Waals surface area contributed by atoms with Crippen molar-refractivity contribution >= 4 is 17.6 Å². The summed E-state index contributed by atoms with van der Waals surface area (Å²) in [6.45, 7) is 4.73. The highest BCUT2D eigenvalue weighted by molar-refractivity contribution is 6.30. The Bertz CT molecular complexity index is 799. The summed E-state index contributed by atoms with van der Waals surface area (Å²) in [4.78, 5) is 8.63. The van der Waals surface area contributed by atoms with Gasteiger partial charge in [-0.15, -0.1) is 0 Å². The molecule has 0 aliphatic carbocycles. The normalized spacial score (nSPS) is 11.2. The molecule has 126 valence electrons. The minimum atomic E-state index is 0.268. The molecule has 0 aliphatic rings. The van der Waals surface area contributed by atoms with Crippen molar-refractivity contribution in [3.05, 3.63) is 41.0 Å². The maximum atomic E-state index is 5.96. The number of aromatic nitrogens is 4. The van der Waals surface area contributed by atoms with Gasteiger partial charge >= 0.3 is 6.01 Å². The van der Waals surface area contributed by atoms with Crippen molar-refractivity contribution in [3.8, 4) is 11.4 Å². The quantitative estimate of drug-likeness (QED) is 0.647. The molecule has 0 spiro atoms. The van der Waals surface area contributed by atoms with Crippen molar-refractivity contribution in [2.75, 3.05) is 11.9 Å². The van der Waals surface area contributed by atoms with Gasteiger partial charge in [0.25, 0.3) is 0 Å². The van der Waals surface area contributed by atoms with E-state index in [1.54, 1.807) is 12.1 Å². The van der Waals surface area contributed by atoms with E-state index in [2.05, 4.69) is 25.6 Å². The number of anilines is 1. The third kappa shape index (κ3) is 4.11. The van der Waals surface area contributed by atoms with Gasteiger partial charge in [-0.2, -0.15) is 9.97 Å². The van der Waals surface area contributed by atoms with Crippen LogP contribution in [0.1, 0.15) is 37.9 Å². The molecule has 24 heavy (non-hydrogen) atoms. The summed E-state index contributed by atoms with van der Waals surface area (Å²) in [5.74, 6) is 2.15. The Kier molecular flexibility index (Phi) is 5.10. The summed E-state index contributed by atoms with van der Waals surface area (Å²) in [7, 11) is 0. The number of benzene rings is 1. The lowest BCUT2D eigenvalue weighted by Crippen LogP contribution is -2.03. The summed E-state index contributed by atoms with van der Waals surface area (Å²) in [5, 5.41) is 11.6. The maximum Gasteiger partial charge on any atom is 0.321 e. The molecule has 0 atom stereocenters. The average molecular weight is 348 g/mol. The molecule has 0 saturated carbocycles. The number of rotatable bonds is 7. The number of hydrogen-bond acceptors (Lipinski definition) is 7. The molecule has 0 amide bonds. The van der Waals surface area contributed by atoms with Crippen LogP contribution in [-0.2, 0) is 6.42 Å². The minimum Gasteiger partial charge on any atom is -0.339 e. The van der Waals surface area contributed by atoms with Gasteiger partial charge in [-0.05, 0) is 18.6 Å². The first kappa shape index (κ1) is 16.4. The molecular formula is C16H18ClN5O2. The molecule has 0 bridgehead atoms. The van der Waals surface area contributed by atoms with E-state index in [9.17, 15) is 0 Å². The summed E-state index contributed by atoms with van der Waals surface area (Å²) >= 11 is 5.96. The van der Waals surface area contributed by atoms with Crippen LogP contribution in [0.15, 0.2) is 33.3 Å². The summed E-state index contributed by atoms with van der Waals surface area (Å²) < 4.78 is 10.4. The van der Waals surface area contributed by atoms with Gasteiger partial charge in [0.15, 0.2) is 5.82 Å². The van der Waals surface area contributed by atoms with E-state index in [0.29, 0.717) is 35.7 Å². The van der Waals surface area contributed by atoms with Crippen molar-refractivity contribution < 1.29 is 9.05 Å². The van der Waals surface area contributed by atoms with Crippen LogP contribution >= 0.6 is 11.6 Å². The molecule has 1 N–H and O–H groups in total. The first-order valence-electron chi connectivity index (χ1n) is 7.78. The second-order valence-corrected chi connectivity index (χ2v) is 6.10. The summed E-state index contributed by atoms with van der Waals surface area (Å²) in [5.41, 5.74) is 0.811. The minimum absolute atomic E-state index is 0.268. The van der Waals surface area contributed by atoms with E-state index in [4.69, 9.17) is 20.6 Å². The van der Waals surface area contributed by atoms with Gasteiger partial charge in [-0.25, -0.2) is 0 Å². The predicted octanol–water partition coefficient (Wildman–Crippen LogP) is 3.94. The average Bonchev–Trinajstić information content (AvgIpc) is 3.21. The van der Waals surface area contributed by atoms with Gasteiger partial charge in [-0.1, -0.05) is 47.9 Å². The van der Waals surface area contributed by atoms with Crippen LogP contribution in [0, 0.1) is 0 Å². The zero-order chi connectivity index (χ0) is 16.9. The topological polar surface area (TPSA) is 89.9 Å². The molecule has 2 aromatic heterocycles. The Morgan fingerprint density at radius 1 is 1.17 bits per heavy atom. The number of nitrogens with zero attached hydrogens (tertiary/aromatic N) is 4. The Hall–Kier alpha value is -2.41. The molecule has 0 aliphatic heterocycles. The number of nitrogens with one attached hydrogen (secondary N) is 1. The van der Waals surface area contributed by atoms with Gasteiger partial charge in [0, 0.05) is 29.5 Å². The van der Waals surface area contributed by atoms with Gasteiger partial charge in [0.2, 0.25) is 11.7 Å². The zero-order valence-electron chi connectivity index (χ0n) is 13.5. The fraction of sp³-hybridized carbons (Fsp3) is 0.375. The second-order valence-electron chi connectivity index (χ2n) is 5.66. The standard InChI is InChI=1S/C16H18ClN5O2/c1-10(2)14-19-13(23-21-14)7-4-8-18-16-20-15(22-24-16)11-5-3-6-12(17)9-11/h3,5-6,9-10H,4,7-8H2,1-2H3,(H,18,20,22). The Labute approximate surface area is 144 Å². The highest BCUT2D eigenvalue weighted by atomic mass is 35.5. The molecule has 0 saturated heterocycles. The lowest BCUT2D eigenvalue weighted by atomic mass is 10.2. The van der Waals surface area contributed by atoms with E-state index < -0.39 is 0 Å². The molecule has 0 unspecified atom stereocenters. The Balaban J connectivity index is 1.49. The van der Waals surface area contributed by atoms with Crippen LogP contribution in [0.5, 0.6) is 0 Å². The number of halogens is 1. The lowest BCUT2D eigenvalue weighted by molar-refractivity contribution is 0.369. The van der Waals surface area contributed by atoms with Gasteiger partial charge in [0.05, 0.1) is 0 Å². The van der Waals surface area contributed by atoms with Crippen LogP contribution in [0.4, 0.5) is 6.01 Å². The monoisotopic (exact) mass is 347 g/mol. The molecule has 0 radical (unpaired) electrons. The second kappa shape index (κ2) is 7.44. The van der Waals surface area contributed by atoms with Crippen molar-refractivity contribution in [2.24, 2.45) is 0 Å². The molecule has 0 fully saturated rings. The molecule has 2 heterocycles. The number of aryl methyl sites for hydroxylation is 1. The predicted molar refractivity (Wildman–Crippen MR) is 89.9 cm³/mol. The third-order valence-corrected chi connectivity index (χ3v) is 3.59. The largest absolute Gasteiger partial charge is 0.339 e. The van der Waals surface area contributed by atoms with Crippen LogP contribution in [0.3, 0.4) is 0 Å². The Morgan fingerprint density at radius 3 is 2.79 bits per heavy atom. The van der Waals surface area contributed by atoms with Crippen molar-refractivity contribution in [1.29, 1.82) is 0 Å². The SMILES string of the molecule is CC(C)c1noc(CCCNc2nc(-c3cccc(Cl)c3)no2)n1. The van der Waals surface area contributed by atoms with E-state index in [0.717, 1.165) is 17.8 Å². The fourth-order valence-electron chi connectivity index (χ4n) is 2.08. The van der Waals surface area contributed by atoms with Crippen LogP contribution in [0.25, 0.3) is 11.4 Å². The van der Waals surface area contributed by atoms with Crippen molar-refractivity contribution in [1.82, 2.24) is 20.3 Å². The van der Waals surface area contributed by atoms with Crippen LogP contribution in [0.2, 0.25) is 5.02 Å². The zero-order valence-corrected chi connectivity index (χ0v) is 14.2. The Morgan fingerprint density at radius 2 is 2.04 bits per heavy atom.